The van der Waals surface area contributed by atoms with Gasteiger partial charge in [-0.3, -0.25) is 5.10 Å². The second kappa shape index (κ2) is 3.63. The summed E-state index contributed by atoms with van der Waals surface area (Å²) in [5.41, 5.74) is 8.45. The van der Waals surface area contributed by atoms with Gasteiger partial charge in [0, 0.05) is 42.2 Å². The Hall–Kier alpha value is -1.62. The largest absolute Gasteiger partial charge is 0.404 e. The molecular weight excluding hydrogens is 178 g/mol. The van der Waals surface area contributed by atoms with Crippen molar-refractivity contribution < 1.29 is 0 Å². The molecule has 74 valence electrons. The molecule has 5 heteroatoms. The van der Waals surface area contributed by atoms with E-state index in [9.17, 15) is 0 Å². The van der Waals surface area contributed by atoms with E-state index in [1.807, 2.05) is 0 Å². The van der Waals surface area contributed by atoms with Gasteiger partial charge in [-0.05, 0) is 0 Å². The molecule has 14 heavy (non-hydrogen) atoms. The number of nitrogens with zero attached hydrogens (tertiary/aromatic N) is 1. The monoisotopic (exact) mass is 191 g/mol. The highest BCUT2D eigenvalue weighted by atomic mass is 15.1. The molecule has 5 N–H and O–H groups in total. The van der Waals surface area contributed by atoms with Gasteiger partial charge < -0.3 is 16.5 Å². The van der Waals surface area contributed by atoms with E-state index in [1.165, 1.54) is 12.4 Å². The molecule has 1 aliphatic heterocycles. The second-order valence-electron chi connectivity index (χ2n) is 3.25. The van der Waals surface area contributed by atoms with E-state index in [-0.39, 0.29) is 6.04 Å². The van der Waals surface area contributed by atoms with Crippen molar-refractivity contribution in [1.29, 1.82) is 5.41 Å². The quantitative estimate of drug-likeness (QED) is 0.499. The Bertz CT molecular complexity index is 365. The molecule has 0 aromatic carbocycles. The van der Waals surface area contributed by atoms with Crippen molar-refractivity contribution in [1.82, 2.24) is 15.5 Å². The van der Waals surface area contributed by atoms with Crippen molar-refractivity contribution in [3.05, 3.63) is 29.2 Å². The highest BCUT2D eigenvalue weighted by Crippen LogP contribution is 2.25. The summed E-state index contributed by atoms with van der Waals surface area (Å²) in [5.74, 6) is 0. The van der Waals surface area contributed by atoms with Crippen molar-refractivity contribution in [3.8, 4) is 0 Å². The smallest absolute Gasteiger partial charge is 0.0640 e. The maximum absolute atomic E-state index is 7.25. The van der Waals surface area contributed by atoms with E-state index in [0.717, 1.165) is 29.8 Å². The fraction of sp³-hybridized carbons (Fsp3) is 0.333. The summed E-state index contributed by atoms with van der Waals surface area (Å²) in [5, 5.41) is 17.5. The molecule has 1 atom stereocenters. The number of aromatic nitrogens is 2. The number of fused-ring (bicyclic) bond motifs is 1. The van der Waals surface area contributed by atoms with Gasteiger partial charge >= 0.3 is 0 Å². The van der Waals surface area contributed by atoms with E-state index in [1.54, 1.807) is 6.20 Å². The van der Waals surface area contributed by atoms with E-state index in [4.69, 9.17) is 11.1 Å². The molecule has 5 nitrogen and oxygen atoms in total. The Morgan fingerprint density at radius 3 is 3.29 bits per heavy atom. The van der Waals surface area contributed by atoms with Crippen molar-refractivity contribution >= 4 is 6.21 Å². The van der Waals surface area contributed by atoms with Gasteiger partial charge in [0.1, 0.15) is 0 Å². The molecule has 0 amide bonds. The molecule has 1 aromatic rings. The molecule has 0 saturated carbocycles. The molecule has 0 fully saturated rings. The fourth-order valence-electron chi connectivity index (χ4n) is 1.75. The first-order valence-corrected chi connectivity index (χ1v) is 4.54. The lowest BCUT2D eigenvalue weighted by Crippen LogP contribution is -2.31. The van der Waals surface area contributed by atoms with Crippen molar-refractivity contribution in [3.63, 3.8) is 0 Å². The van der Waals surface area contributed by atoms with Gasteiger partial charge in [-0.2, -0.15) is 5.10 Å². The van der Waals surface area contributed by atoms with Gasteiger partial charge in [-0.15, -0.1) is 0 Å². The molecule has 0 aliphatic carbocycles. The van der Waals surface area contributed by atoms with Crippen LogP contribution in [0.15, 0.2) is 18.0 Å². The number of rotatable bonds is 2. The fourth-order valence-corrected chi connectivity index (χ4v) is 1.75. The topological polar surface area (TPSA) is 90.6 Å². The first-order chi connectivity index (χ1) is 6.86. The summed E-state index contributed by atoms with van der Waals surface area (Å²) in [4.78, 5) is 0. The highest BCUT2D eigenvalue weighted by molar-refractivity contribution is 5.78. The Morgan fingerprint density at radius 1 is 1.71 bits per heavy atom. The summed E-state index contributed by atoms with van der Waals surface area (Å²) in [6.45, 7) is 0.880. The Morgan fingerprint density at radius 2 is 2.57 bits per heavy atom. The third kappa shape index (κ3) is 1.31. The molecule has 0 bridgehead atoms. The van der Waals surface area contributed by atoms with Gasteiger partial charge in [0.25, 0.3) is 0 Å². The molecule has 2 heterocycles. The lowest BCUT2D eigenvalue weighted by atomic mass is 9.96. The lowest BCUT2D eigenvalue weighted by molar-refractivity contribution is 0.567. The molecule has 1 aromatic heterocycles. The van der Waals surface area contributed by atoms with Gasteiger partial charge in [-0.1, -0.05) is 0 Å². The first kappa shape index (κ1) is 8.96. The molecule has 1 unspecified atom stereocenters. The van der Waals surface area contributed by atoms with Crippen LogP contribution < -0.4 is 11.1 Å². The van der Waals surface area contributed by atoms with Crippen LogP contribution in [0.3, 0.4) is 0 Å². The molecule has 0 radical (unpaired) electrons. The zero-order valence-electron chi connectivity index (χ0n) is 7.75. The third-order valence-electron chi connectivity index (χ3n) is 2.48. The molecular formula is C9H13N5. The SMILES string of the molecule is N=C/C(=C\N)C1NCCc2[nH]ncc21. The summed E-state index contributed by atoms with van der Waals surface area (Å²) >= 11 is 0. The standard InChI is InChI=1S/C9H13N5/c10-3-6(4-11)9-7-5-13-14-8(7)1-2-12-9/h3-5,9-10,12H,1-2,11H2,(H,13,14)/b6-4+,10-3?. The van der Waals surface area contributed by atoms with Crippen LogP contribution in [-0.2, 0) is 6.42 Å². The maximum Gasteiger partial charge on any atom is 0.0640 e. The lowest BCUT2D eigenvalue weighted by Gasteiger charge is -2.23. The molecule has 2 rings (SSSR count). The summed E-state index contributed by atoms with van der Waals surface area (Å²) in [6.07, 6.45) is 5.48. The van der Waals surface area contributed by atoms with Crippen molar-refractivity contribution in [2.75, 3.05) is 6.54 Å². The predicted octanol–water partition coefficient (Wildman–Crippen LogP) is 0.0887. The minimum atomic E-state index is 0.0139. The zero-order valence-corrected chi connectivity index (χ0v) is 7.75. The molecule has 0 saturated heterocycles. The number of nitrogens with two attached hydrogens (primary N) is 1. The predicted molar refractivity (Wildman–Crippen MR) is 54.1 cm³/mol. The number of hydrogen-bond acceptors (Lipinski definition) is 4. The van der Waals surface area contributed by atoms with Crippen LogP contribution in [0.2, 0.25) is 0 Å². The zero-order chi connectivity index (χ0) is 9.97. The van der Waals surface area contributed by atoms with E-state index < -0.39 is 0 Å². The Balaban J connectivity index is 2.36. The van der Waals surface area contributed by atoms with Crippen LogP contribution in [0, 0.1) is 5.41 Å². The molecule has 0 spiro atoms. The Labute approximate surface area is 81.9 Å². The minimum absolute atomic E-state index is 0.0139. The van der Waals surface area contributed by atoms with Gasteiger partial charge in [0.2, 0.25) is 0 Å². The van der Waals surface area contributed by atoms with Gasteiger partial charge in [-0.25, -0.2) is 0 Å². The summed E-state index contributed by atoms with van der Waals surface area (Å²) in [6, 6.07) is 0.0139. The second-order valence-corrected chi connectivity index (χ2v) is 3.25. The number of aromatic amines is 1. The van der Waals surface area contributed by atoms with Crippen molar-refractivity contribution in [2.45, 2.75) is 12.5 Å². The highest BCUT2D eigenvalue weighted by Gasteiger charge is 2.23. The average molecular weight is 191 g/mol. The van der Waals surface area contributed by atoms with Gasteiger partial charge in [0.05, 0.1) is 12.2 Å². The van der Waals surface area contributed by atoms with Crippen LogP contribution in [0.4, 0.5) is 0 Å². The summed E-state index contributed by atoms with van der Waals surface area (Å²) in [7, 11) is 0. The molecule has 1 aliphatic rings. The van der Waals surface area contributed by atoms with Crippen LogP contribution >= 0.6 is 0 Å². The number of hydrogen-bond donors (Lipinski definition) is 4. The van der Waals surface area contributed by atoms with Crippen LogP contribution in [0.25, 0.3) is 0 Å². The van der Waals surface area contributed by atoms with E-state index in [2.05, 4.69) is 15.5 Å². The van der Waals surface area contributed by atoms with Crippen molar-refractivity contribution in [2.24, 2.45) is 5.73 Å². The maximum atomic E-state index is 7.25. The van der Waals surface area contributed by atoms with Crippen LogP contribution in [0.5, 0.6) is 0 Å². The van der Waals surface area contributed by atoms with Gasteiger partial charge in [0.15, 0.2) is 0 Å². The minimum Gasteiger partial charge on any atom is -0.404 e. The van der Waals surface area contributed by atoms with Crippen LogP contribution in [0.1, 0.15) is 17.3 Å². The van der Waals surface area contributed by atoms with Crippen LogP contribution in [-0.4, -0.2) is 23.0 Å². The normalized spacial score (nSPS) is 21.7. The third-order valence-corrected chi connectivity index (χ3v) is 2.48. The average Bonchev–Trinajstić information content (AvgIpc) is 2.68. The Kier molecular flexibility index (Phi) is 2.32. The first-order valence-electron chi connectivity index (χ1n) is 4.54. The number of H-pyrrole nitrogens is 1. The van der Waals surface area contributed by atoms with E-state index in [0.29, 0.717) is 0 Å². The summed E-state index contributed by atoms with van der Waals surface area (Å²) < 4.78 is 0. The number of nitrogens with one attached hydrogen (secondary N) is 3. The van der Waals surface area contributed by atoms with E-state index >= 15 is 0 Å².